The summed E-state index contributed by atoms with van der Waals surface area (Å²) in [5.74, 6) is 0.00998. The van der Waals surface area contributed by atoms with Gasteiger partial charge in [0.1, 0.15) is 5.69 Å². The molecule has 0 saturated carbocycles. The Morgan fingerprint density at radius 1 is 1.40 bits per heavy atom. The fourth-order valence-electron chi connectivity index (χ4n) is 3.69. The lowest BCUT2D eigenvalue weighted by molar-refractivity contribution is -0.155. The monoisotopic (exact) mass is 351 g/mol. The van der Waals surface area contributed by atoms with E-state index < -0.39 is 0 Å². The van der Waals surface area contributed by atoms with E-state index in [-0.39, 0.29) is 17.6 Å². The van der Waals surface area contributed by atoms with Crippen molar-refractivity contribution in [1.82, 2.24) is 14.5 Å². The van der Waals surface area contributed by atoms with Gasteiger partial charge in [-0.05, 0) is 26.2 Å². The van der Waals surface area contributed by atoms with Gasteiger partial charge in [-0.25, -0.2) is 4.98 Å². The van der Waals surface area contributed by atoms with E-state index in [0.29, 0.717) is 32.0 Å². The van der Waals surface area contributed by atoms with Crippen LogP contribution in [0.5, 0.6) is 0 Å². The molecule has 3 heterocycles. The molecule has 25 heavy (non-hydrogen) atoms. The normalized spacial score (nSPS) is 23.1. The third kappa shape index (κ3) is 4.59. The number of piperidine rings is 1. The van der Waals surface area contributed by atoms with Crippen LogP contribution in [-0.4, -0.2) is 71.6 Å². The molecule has 1 atom stereocenters. The van der Waals surface area contributed by atoms with Crippen LogP contribution in [0.2, 0.25) is 0 Å². The highest BCUT2D eigenvalue weighted by Gasteiger charge is 2.41. The molecule has 0 N–H and O–H groups in total. The zero-order chi connectivity index (χ0) is 17.7. The fraction of sp³-hybridized carbons (Fsp3) is 0.778. The first-order valence-corrected chi connectivity index (χ1v) is 9.22. The summed E-state index contributed by atoms with van der Waals surface area (Å²) >= 11 is 0. The predicted molar refractivity (Wildman–Crippen MR) is 92.5 cm³/mol. The van der Waals surface area contributed by atoms with Crippen LogP contribution in [0.1, 0.15) is 43.1 Å². The zero-order valence-electron chi connectivity index (χ0n) is 15.3. The van der Waals surface area contributed by atoms with Crippen molar-refractivity contribution in [3.05, 3.63) is 18.2 Å². The van der Waals surface area contributed by atoms with E-state index in [0.717, 1.165) is 38.9 Å². The molecule has 3 rings (SSSR count). The van der Waals surface area contributed by atoms with Crippen molar-refractivity contribution in [3.8, 4) is 0 Å². The van der Waals surface area contributed by atoms with Crippen LogP contribution in [0.25, 0.3) is 0 Å². The SMILES string of the molecule is CCOCCOC1CCOC2(CCN(C(=O)c3cn(C)cn3)CC2)C1. The van der Waals surface area contributed by atoms with E-state index in [9.17, 15) is 4.79 Å². The summed E-state index contributed by atoms with van der Waals surface area (Å²) in [7, 11) is 1.87. The zero-order valence-corrected chi connectivity index (χ0v) is 15.3. The van der Waals surface area contributed by atoms with Gasteiger partial charge >= 0.3 is 0 Å². The Balaban J connectivity index is 1.49. The van der Waals surface area contributed by atoms with E-state index in [1.165, 1.54) is 0 Å². The summed E-state index contributed by atoms with van der Waals surface area (Å²) in [5.41, 5.74) is 0.371. The van der Waals surface area contributed by atoms with Gasteiger partial charge in [-0.1, -0.05) is 0 Å². The highest BCUT2D eigenvalue weighted by Crippen LogP contribution is 2.36. The highest BCUT2D eigenvalue weighted by molar-refractivity contribution is 5.92. The van der Waals surface area contributed by atoms with Crippen LogP contribution in [-0.2, 0) is 21.3 Å². The quantitative estimate of drug-likeness (QED) is 0.729. The fourth-order valence-corrected chi connectivity index (χ4v) is 3.69. The molecule has 1 spiro atoms. The smallest absolute Gasteiger partial charge is 0.274 e. The van der Waals surface area contributed by atoms with Gasteiger partial charge in [-0.3, -0.25) is 4.79 Å². The Morgan fingerprint density at radius 3 is 2.88 bits per heavy atom. The minimum atomic E-state index is -0.143. The summed E-state index contributed by atoms with van der Waals surface area (Å²) in [5, 5.41) is 0. The Hall–Kier alpha value is -1.44. The average molecular weight is 351 g/mol. The molecular formula is C18H29N3O4. The summed E-state index contributed by atoms with van der Waals surface area (Å²) < 4.78 is 19.2. The van der Waals surface area contributed by atoms with Crippen LogP contribution in [0.15, 0.2) is 12.5 Å². The lowest BCUT2D eigenvalue weighted by Gasteiger charge is -2.46. The van der Waals surface area contributed by atoms with Gasteiger partial charge in [0.25, 0.3) is 5.91 Å². The molecule has 1 amide bonds. The Morgan fingerprint density at radius 2 is 2.20 bits per heavy atom. The van der Waals surface area contributed by atoms with Crippen molar-refractivity contribution in [2.45, 2.75) is 44.3 Å². The van der Waals surface area contributed by atoms with Gasteiger partial charge in [0.2, 0.25) is 0 Å². The number of aromatic nitrogens is 2. The number of likely N-dealkylation sites (tertiary alicyclic amines) is 1. The topological polar surface area (TPSA) is 65.8 Å². The van der Waals surface area contributed by atoms with E-state index in [1.807, 2.05) is 18.9 Å². The number of hydrogen-bond acceptors (Lipinski definition) is 5. The summed E-state index contributed by atoms with van der Waals surface area (Å²) in [6.45, 7) is 6.15. The summed E-state index contributed by atoms with van der Waals surface area (Å²) in [6.07, 6.45) is 7.22. The maximum Gasteiger partial charge on any atom is 0.274 e. The Kier molecular flexibility index (Phi) is 6.09. The molecule has 2 fully saturated rings. The molecule has 0 bridgehead atoms. The molecule has 2 aliphatic rings. The number of carbonyl (C=O) groups is 1. The number of rotatable bonds is 6. The second-order valence-electron chi connectivity index (χ2n) is 6.93. The molecule has 1 aromatic rings. The molecule has 7 nitrogen and oxygen atoms in total. The van der Waals surface area contributed by atoms with Gasteiger partial charge in [-0.15, -0.1) is 0 Å². The molecule has 140 valence electrons. The predicted octanol–water partition coefficient (Wildman–Crippen LogP) is 1.63. The molecule has 0 aromatic carbocycles. The van der Waals surface area contributed by atoms with Crippen LogP contribution in [0.4, 0.5) is 0 Å². The van der Waals surface area contributed by atoms with Crippen LogP contribution in [0.3, 0.4) is 0 Å². The van der Waals surface area contributed by atoms with Gasteiger partial charge in [0.05, 0.1) is 31.2 Å². The lowest BCUT2D eigenvalue weighted by atomic mass is 9.83. The number of hydrogen-bond donors (Lipinski definition) is 0. The molecule has 1 aromatic heterocycles. The van der Waals surface area contributed by atoms with E-state index in [2.05, 4.69) is 4.98 Å². The van der Waals surface area contributed by atoms with Crippen molar-refractivity contribution < 1.29 is 19.0 Å². The van der Waals surface area contributed by atoms with Gasteiger partial charge in [0.15, 0.2) is 0 Å². The van der Waals surface area contributed by atoms with E-state index in [4.69, 9.17) is 14.2 Å². The van der Waals surface area contributed by atoms with Crippen LogP contribution < -0.4 is 0 Å². The average Bonchev–Trinajstić information content (AvgIpc) is 3.06. The minimum absolute atomic E-state index is 0.00998. The van der Waals surface area contributed by atoms with E-state index >= 15 is 0 Å². The lowest BCUT2D eigenvalue weighted by Crippen LogP contribution is -2.52. The van der Waals surface area contributed by atoms with Gasteiger partial charge in [0, 0.05) is 46.0 Å². The number of carbonyl (C=O) groups excluding carboxylic acids is 1. The maximum atomic E-state index is 12.5. The van der Waals surface area contributed by atoms with Crippen molar-refractivity contribution in [1.29, 1.82) is 0 Å². The Bertz CT molecular complexity index is 566. The molecule has 2 saturated heterocycles. The molecular weight excluding hydrogens is 322 g/mol. The molecule has 7 heteroatoms. The number of imidazole rings is 1. The molecule has 0 radical (unpaired) electrons. The molecule has 2 aliphatic heterocycles. The first-order valence-electron chi connectivity index (χ1n) is 9.22. The van der Waals surface area contributed by atoms with Crippen molar-refractivity contribution >= 4 is 5.91 Å². The number of ether oxygens (including phenoxy) is 3. The maximum absolute atomic E-state index is 12.5. The van der Waals surface area contributed by atoms with Crippen LogP contribution in [0, 0.1) is 0 Å². The Labute approximate surface area is 149 Å². The summed E-state index contributed by atoms with van der Waals surface area (Å²) in [6, 6.07) is 0. The van der Waals surface area contributed by atoms with Crippen LogP contribution >= 0.6 is 0 Å². The molecule has 1 unspecified atom stereocenters. The van der Waals surface area contributed by atoms with Crippen molar-refractivity contribution in [2.75, 3.05) is 39.5 Å². The van der Waals surface area contributed by atoms with Gasteiger partial charge < -0.3 is 23.7 Å². The third-order valence-corrected chi connectivity index (χ3v) is 5.12. The standard InChI is InChI=1S/C18H29N3O4/c1-3-23-10-11-24-15-4-9-25-18(12-15)5-7-21(8-6-18)17(22)16-13-20(2)14-19-16/h13-15H,3-12H2,1-2H3. The number of amides is 1. The second-order valence-corrected chi connectivity index (χ2v) is 6.93. The van der Waals surface area contributed by atoms with E-state index in [1.54, 1.807) is 17.1 Å². The number of nitrogens with zero attached hydrogens (tertiary/aromatic N) is 3. The first-order chi connectivity index (χ1) is 12.1. The largest absolute Gasteiger partial charge is 0.379 e. The van der Waals surface area contributed by atoms with Crippen molar-refractivity contribution in [3.63, 3.8) is 0 Å². The summed E-state index contributed by atoms with van der Waals surface area (Å²) in [4.78, 5) is 18.6. The number of aryl methyl sites for hydroxylation is 1. The first kappa shape index (κ1) is 18.4. The van der Waals surface area contributed by atoms with Crippen molar-refractivity contribution in [2.24, 2.45) is 7.05 Å². The third-order valence-electron chi connectivity index (χ3n) is 5.12. The second kappa shape index (κ2) is 8.29. The minimum Gasteiger partial charge on any atom is -0.379 e. The molecule has 0 aliphatic carbocycles. The van der Waals surface area contributed by atoms with Gasteiger partial charge in [-0.2, -0.15) is 0 Å². The highest BCUT2D eigenvalue weighted by atomic mass is 16.5.